The molecule has 1 atom stereocenters. The van der Waals surface area contributed by atoms with Gasteiger partial charge in [0.25, 0.3) is 11.5 Å². The van der Waals surface area contributed by atoms with Crippen LogP contribution in [0.25, 0.3) is 0 Å². The first-order valence-electron chi connectivity index (χ1n) is 10.6. The predicted octanol–water partition coefficient (Wildman–Crippen LogP) is 1.59. The molecule has 0 aromatic carbocycles. The largest absolute Gasteiger partial charge is 0.354 e. The van der Waals surface area contributed by atoms with Gasteiger partial charge in [-0.25, -0.2) is 4.98 Å². The van der Waals surface area contributed by atoms with Gasteiger partial charge in [0.1, 0.15) is 11.4 Å². The molecule has 2 N–H and O–H groups in total. The van der Waals surface area contributed by atoms with Crippen LogP contribution in [-0.4, -0.2) is 45.8 Å². The van der Waals surface area contributed by atoms with Crippen molar-refractivity contribution in [2.45, 2.75) is 63.3 Å². The van der Waals surface area contributed by atoms with E-state index in [4.69, 9.17) is 0 Å². The van der Waals surface area contributed by atoms with Gasteiger partial charge in [-0.3, -0.25) is 14.4 Å². The molecule has 0 radical (unpaired) electrons. The van der Waals surface area contributed by atoms with Crippen LogP contribution in [0.1, 0.15) is 68.1 Å². The second-order valence-corrected chi connectivity index (χ2v) is 9.57. The summed E-state index contributed by atoms with van der Waals surface area (Å²) in [4.78, 5) is 46.7. The first kappa shape index (κ1) is 17.9. The number of nitrogens with one attached hydrogen (secondary N) is 2. The number of carbonyl (C=O) groups is 2. The zero-order valence-electron chi connectivity index (χ0n) is 16.4. The van der Waals surface area contributed by atoms with Crippen molar-refractivity contribution >= 4 is 11.8 Å². The zero-order chi connectivity index (χ0) is 19.5. The molecule has 2 heterocycles. The monoisotopic (exact) mass is 384 g/mol. The minimum atomic E-state index is -0.346. The average molecular weight is 384 g/mol. The molecule has 1 saturated heterocycles. The van der Waals surface area contributed by atoms with Crippen LogP contribution in [-0.2, 0) is 10.2 Å². The normalized spacial score (nSPS) is 36.9. The number of carbonyl (C=O) groups excluding carboxylic acids is 2. The fraction of sp³-hybridized carbons (Fsp3) is 0.714. The van der Waals surface area contributed by atoms with Gasteiger partial charge in [0.15, 0.2) is 0 Å². The van der Waals surface area contributed by atoms with Crippen molar-refractivity contribution in [3.8, 4) is 0 Å². The number of aromatic nitrogens is 2. The molecule has 150 valence electrons. The number of H-pyrrole nitrogens is 1. The van der Waals surface area contributed by atoms with Gasteiger partial charge in [-0.15, -0.1) is 0 Å². The number of amides is 2. The van der Waals surface area contributed by atoms with Gasteiger partial charge in [0.05, 0.1) is 0 Å². The van der Waals surface area contributed by atoms with E-state index in [-0.39, 0.29) is 40.8 Å². The number of rotatable bonds is 2. The molecule has 5 fully saturated rings. The molecule has 1 aromatic heterocycles. The fourth-order valence-corrected chi connectivity index (χ4v) is 6.58. The lowest BCUT2D eigenvalue weighted by molar-refractivity contribution is -0.120. The Morgan fingerprint density at radius 1 is 1.14 bits per heavy atom. The summed E-state index contributed by atoms with van der Waals surface area (Å²) in [6, 6.07) is -0.152. The highest BCUT2D eigenvalue weighted by molar-refractivity contribution is 5.94. The second-order valence-electron chi connectivity index (χ2n) is 9.57. The van der Waals surface area contributed by atoms with Crippen LogP contribution in [0.3, 0.4) is 0 Å². The third-order valence-electron chi connectivity index (χ3n) is 7.54. The lowest BCUT2D eigenvalue weighted by Gasteiger charge is -2.56. The Labute approximate surface area is 164 Å². The maximum Gasteiger partial charge on any atom is 0.263 e. The average Bonchev–Trinajstić information content (AvgIpc) is 2.81. The van der Waals surface area contributed by atoms with Crippen LogP contribution in [0.15, 0.2) is 11.0 Å². The summed E-state index contributed by atoms with van der Waals surface area (Å²) < 4.78 is 0. The molecule has 7 nitrogen and oxygen atoms in total. The van der Waals surface area contributed by atoms with Gasteiger partial charge in [0, 0.05) is 37.2 Å². The summed E-state index contributed by atoms with van der Waals surface area (Å²) in [6.45, 7) is 2.61. The molecule has 6 rings (SSSR count). The van der Waals surface area contributed by atoms with Crippen molar-refractivity contribution in [2.75, 3.05) is 13.1 Å². The molecule has 1 aromatic rings. The lowest BCUT2D eigenvalue weighted by atomic mass is 9.49. The van der Waals surface area contributed by atoms with Crippen LogP contribution in [0.4, 0.5) is 0 Å². The Hall–Kier alpha value is -2.18. The van der Waals surface area contributed by atoms with E-state index in [1.807, 2.05) is 6.92 Å². The summed E-state index contributed by atoms with van der Waals surface area (Å²) in [6.07, 6.45) is 9.08. The highest BCUT2D eigenvalue weighted by Gasteiger charge is 2.53. The van der Waals surface area contributed by atoms with Gasteiger partial charge in [-0.1, -0.05) is 0 Å². The molecule has 4 bridgehead atoms. The van der Waals surface area contributed by atoms with E-state index in [0.717, 1.165) is 42.8 Å². The Balaban J connectivity index is 1.42. The van der Waals surface area contributed by atoms with Crippen molar-refractivity contribution in [1.82, 2.24) is 20.2 Å². The standard InChI is InChI=1S/C21H28N4O3/c1-12-10-22-17(26)2-3-25(12)19(28)16-11-23-20(24-18(16)27)21-7-13-4-14(8-21)6-15(5-13)9-21/h11-15H,2-10H2,1H3,(H,22,26)(H,23,24,27)/t12-,13?,14?,15?,21?/m1/s1. The predicted molar refractivity (Wildman–Crippen MR) is 103 cm³/mol. The van der Waals surface area contributed by atoms with Crippen LogP contribution in [0.2, 0.25) is 0 Å². The van der Waals surface area contributed by atoms with Crippen LogP contribution >= 0.6 is 0 Å². The third kappa shape index (κ3) is 2.86. The quantitative estimate of drug-likeness (QED) is 0.809. The molecule has 7 heteroatoms. The van der Waals surface area contributed by atoms with Gasteiger partial charge >= 0.3 is 0 Å². The number of nitrogens with zero attached hydrogens (tertiary/aromatic N) is 2. The van der Waals surface area contributed by atoms with E-state index < -0.39 is 0 Å². The van der Waals surface area contributed by atoms with E-state index in [2.05, 4.69) is 15.3 Å². The minimum absolute atomic E-state index is 0.00171. The van der Waals surface area contributed by atoms with E-state index in [0.29, 0.717) is 13.1 Å². The summed E-state index contributed by atoms with van der Waals surface area (Å²) in [5, 5.41) is 2.79. The molecular weight excluding hydrogens is 356 g/mol. The first-order chi connectivity index (χ1) is 13.4. The summed E-state index contributed by atoms with van der Waals surface area (Å²) in [5.74, 6) is 2.68. The molecule has 4 aliphatic carbocycles. The van der Waals surface area contributed by atoms with Crippen molar-refractivity contribution < 1.29 is 9.59 Å². The molecule has 0 spiro atoms. The molecule has 28 heavy (non-hydrogen) atoms. The van der Waals surface area contributed by atoms with Crippen LogP contribution < -0.4 is 10.9 Å². The maximum absolute atomic E-state index is 13.0. The van der Waals surface area contributed by atoms with Gasteiger partial charge in [-0.2, -0.15) is 0 Å². The summed E-state index contributed by atoms with van der Waals surface area (Å²) in [5.41, 5.74) is -0.266. The highest BCUT2D eigenvalue weighted by atomic mass is 16.2. The fourth-order valence-electron chi connectivity index (χ4n) is 6.58. The lowest BCUT2D eigenvalue weighted by Crippen LogP contribution is -2.50. The minimum Gasteiger partial charge on any atom is -0.354 e. The molecular formula is C21H28N4O3. The topological polar surface area (TPSA) is 95.2 Å². The Kier molecular flexibility index (Phi) is 4.10. The van der Waals surface area contributed by atoms with Gasteiger partial charge in [0.2, 0.25) is 5.91 Å². The van der Waals surface area contributed by atoms with Crippen molar-refractivity contribution in [3.63, 3.8) is 0 Å². The summed E-state index contributed by atoms with van der Waals surface area (Å²) >= 11 is 0. The van der Waals surface area contributed by atoms with Crippen molar-refractivity contribution in [2.24, 2.45) is 17.8 Å². The second kappa shape index (κ2) is 6.42. The van der Waals surface area contributed by atoms with Crippen LogP contribution in [0.5, 0.6) is 0 Å². The number of hydrogen-bond acceptors (Lipinski definition) is 4. The third-order valence-corrected chi connectivity index (χ3v) is 7.54. The Bertz CT molecular complexity index is 841. The van der Waals surface area contributed by atoms with E-state index in [9.17, 15) is 14.4 Å². The van der Waals surface area contributed by atoms with Crippen LogP contribution in [0, 0.1) is 17.8 Å². The Morgan fingerprint density at radius 2 is 1.79 bits per heavy atom. The molecule has 4 saturated carbocycles. The number of hydrogen-bond donors (Lipinski definition) is 2. The van der Waals surface area contributed by atoms with Gasteiger partial charge < -0.3 is 15.2 Å². The SMILES string of the molecule is C[C@@H]1CNC(=O)CCN1C(=O)c1cnc(C23CC4CC(CC(C4)C2)C3)[nH]c1=O. The Morgan fingerprint density at radius 3 is 2.39 bits per heavy atom. The van der Waals surface area contributed by atoms with E-state index in [1.165, 1.54) is 25.5 Å². The zero-order valence-corrected chi connectivity index (χ0v) is 16.4. The molecule has 0 unspecified atom stereocenters. The van der Waals surface area contributed by atoms with Crippen molar-refractivity contribution in [3.05, 3.63) is 27.9 Å². The van der Waals surface area contributed by atoms with Gasteiger partial charge in [-0.05, 0) is 63.2 Å². The van der Waals surface area contributed by atoms with Crippen molar-refractivity contribution in [1.29, 1.82) is 0 Å². The maximum atomic E-state index is 13.0. The van der Waals surface area contributed by atoms with E-state index >= 15 is 0 Å². The van der Waals surface area contributed by atoms with E-state index in [1.54, 1.807) is 4.90 Å². The molecule has 1 aliphatic heterocycles. The smallest absolute Gasteiger partial charge is 0.263 e. The number of aromatic amines is 1. The summed E-state index contributed by atoms with van der Waals surface area (Å²) in [7, 11) is 0. The first-order valence-corrected chi connectivity index (χ1v) is 10.6. The molecule has 5 aliphatic rings. The highest BCUT2D eigenvalue weighted by Crippen LogP contribution is 2.59. The molecule has 2 amide bonds.